The summed E-state index contributed by atoms with van der Waals surface area (Å²) in [5, 5.41) is 5.44. The van der Waals surface area contributed by atoms with Crippen LogP contribution in [0.1, 0.15) is 10.4 Å². The second-order valence-corrected chi connectivity index (χ2v) is 5.08. The molecule has 0 aliphatic heterocycles. The number of hydrogen-bond acceptors (Lipinski definition) is 2. The lowest BCUT2D eigenvalue weighted by molar-refractivity contribution is 0.0953. The normalized spacial score (nSPS) is 9.70. The van der Waals surface area contributed by atoms with Gasteiger partial charge in [-0.25, -0.2) is 4.79 Å². The van der Waals surface area contributed by atoms with Gasteiger partial charge in [-0.3, -0.25) is 4.79 Å². The van der Waals surface area contributed by atoms with Crippen LogP contribution in [0.4, 0.5) is 4.79 Å². The minimum atomic E-state index is -0.192. The van der Waals surface area contributed by atoms with Gasteiger partial charge in [0.1, 0.15) is 0 Å². The first-order valence-corrected chi connectivity index (χ1v) is 6.97. The van der Waals surface area contributed by atoms with Crippen LogP contribution >= 0.6 is 15.9 Å². The summed E-state index contributed by atoms with van der Waals surface area (Å²) in [6.45, 7) is 4.80. The van der Waals surface area contributed by atoms with Gasteiger partial charge in [-0.15, -0.1) is 6.58 Å². The highest BCUT2D eigenvalue weighted by molar-refractivity contribution is 9.10. The van der Waals surface area contributed by atoms with E-state index in [0.29, 0.717) is 25.2 Å². The van der Waals surface area contributed by atoms with Crippen molar-refractivity contribution in [2.24, 2.45) is 0 Å². The highest BCUT2D eigenvalue weighted by Gasteiger charge is 2.07. The fraction of sp³-hybridized carbons (Fsp3) is 0.286. The topological polar surface area (TPSA) is 61.4 Å². The van der Waals surface area contributed by atoms with Gasteiger partial charge in [0.2, 0.25) is 0 Å². The van der Waals surface area contributed by atoms with Gasteiger partial charge in [0.25, 0.3) is 5.91 Å². The maximum atomic E-state index is 11.8. The second kappa shape index (κ2) is 8.37. The van der Waals surface area contributed by atoms with Crippen LogP contribution in [0.5, 0.6) is 0 Å². The summed E-state index contributed by atoms with van der Waals surface area (Å²) >= 11 is 3.31. The average Bonchev–Trinajstić information content (AvgIpc) is 2.44. The highest BCUT2D eigenvalue weighted by atomic mass is 79.9. The zero-order valence-electron chi connectivity index (χ0n) is 11.4. The van der Waals surface area contributed by atoms with Crippen molar-refractivity contribution in [3.63, 3.8) is 0 Å². The van der Waals surface area contributed by atoms with Crippen molar-refractivity contribution in [2.45, 2.75) is 0 Å². The Morgan fingerprint density at radius 2 is 1.85 bits per heavy atom. The number of amides is 3. The second-order valence-electron chi connectivity index (χ2n) is 4.16. The lowest BCUT2D eigenvalue weighted by Gasteiger charge is -2.15. The maximum absolute atomic E-state index is 11.8. The van der Waals surface area contributed by atoms with Crippen molar-refractivity contribution in [1.82, 2.24) is 15.5 Å². The molecular weight excluding hydrogens is 322 g/mol. The van der Waals surface area contributed by atoms with E-state index in [1.165, 1.54) is 4.90 Å². The fourth-order valence-corrected chi connectivity index (χ4v) is 1.72. The molecule has 0 saturated carbocycles. The van der Waals surface area contributed by atoms with Gasteiger partial charge in [0.05, 0.1) is 0 Å². The van der Waals surface area contributed by atoms with Crippen LogP contribution in [0.25, 0.3) is 0 Å². The van der Waals surface area contributed by atoms with Gasteiger partial charge in [0.15, 0.2) is 0 Å². The molecule has 20 heavy (non-hydrogen) atoms. The first kappa shape index (κ1) is 16.2. The number of nitrogens with zero attached hydrogens (tertiary/aromatic N) is 1. The molecule has 5 nitrogen and oxygen atoms in total. The summed E-state index contributed by atoms with van der Waals surface area (Å²) in [5.41, 5.74) is 0.586. The molecule has 0 saturated heterocycles. The molecule has 1 aromatic rings. The summed E-state index contributed by atoms with van der Waals surface area (Å²) in [4.78, 5) is 24.8. The Morgan fingerprint density at radius 1 is 1.25 bits per heavy atom. The third kappa shape index (κ3) is 5.44. The van der Waals surface area contributed by atoms with Crippen molar-refractivity contribution in [2.75, 3.05) is 26.7 Å². The van der Waals surface area contributed by atoms with Crippen LogP contribution in [0, 0.1) is 0 Å². The van der Waals surface area contributed by atoms with Crippen LogP contribution in [-0.4, -0.2) is 43.5 Å². The fourth-order valence-electron chi connectivity index (χ4n) is 1.46. The van der Waals surface area contributed by atoms with Crippen molar-refractivity contribution in [1.29, 1.82) is 0 Å². The van der Waals surface area contributed by atoms with E-state index in [1.54, 1.807) is 37.4 Å². The number of rotatable bonds is 6. The van der Waals surface area contributed by atoms with Crippen molar-refractivity contribution in [3.05, 3.63) is 47.0 Å². The lowest BCUT2D eigenvalue weighted by atomic mass is 10.2. The molecule has 0 radical (unpaired) electrons. The van der Waals surface area contributed by atoms with Gasteiger partial charge < -0.3 is 15.5 Å². The van der Waals surface area contributed by atoms with E-state index in [0.717, 1.165) is 4.47 Å². The Labute approximate surface area is 127 Å². The first-order valence-electron chi connectivity index (χ1n) is 6.18. The first-order chi connectivity index (χ1) is 9.54. The molecule has 0 aliphatic rings. The van der Waals surface area contributed by atoms with E-state index in [9.17, 15) is 9.59 Å². The molecule has 0 atom stereocenters. The van der Waals surface area contributed by atoms with Gasteiger partial charge in [-0.2, -0.15) is 0 Å². The van der Waals surface area contributed by atoms with E-state index >= 15 is 0 Å². The number of benzene rings is 1. The molecule has 1 aromatic carbocycles. The summed E-state index contributed by atoms with van der Waals surface area (Å²) < 4.78 is 0.923. The Morgan fingerprint density at radius 3 is 2.45 bits per heavy atom. The molecule has 0 bridgehead atoms. The molecule has 0 aromatic heterocycles. The molecule has 0 unspecified atom stereocenters. The molecule has 0 spiro atoms. The molecule has 0 fully saturated rings. The average molecular weight is 340 g/mol. The number of halogens is 1. The Bertz CT molecular complexity index is 474. The van der Waals surface area contributed by atoms with Gasteiger partial charge in [-0.1, -0.05) is 22.0 Å². The number of urea groups is 1. The zero-order chi connectivity index (χ0) is 15.0. The van der Waals surface area contributed by atoms with E-state index in [-0.39, 0.29) is 11.9 Å². The molecule has 0 aliphatic carbocycles. The van der Waals surface area contributed by atoms with Crippen LogP contribution in [0.2, 0.25) is 0 Å². The van der Waals surface area contributed by atoms with E-state index in [4.69, 9.17) is 0 Å². The van der Waals surface area contributed by atoms with Gasteiger partial charge in [0, 0.05) is 36.7 Å². The summed E-state index contributed by atoms with van der Waals surface area (Å²) in [5.74, 6) is -0.161. The van der Waals surface area contributed by atoms with Crippen LogP contribution < -0.4 is 10.6 Å². The number of likely N-dealkylation sites (N-methyl/N-ethyl adjacent to an activating group) is 1. The van der Waals surface area contributed by atoms with Gasteiger partial charge in [-0.05, 0) is 24.3 Å². The standard InChI is InChI=1S/C14H18BrN3O2/c1-3-10-18(2)14(20)17-9-8-16-13(19)11-4-6-12(15)7-5-11/h3-7H,1,8-10H2,2H3,(H,16,19)(H,17,20). The molecule has 2 N–H and O–H groups in total. The Hall–Kier alpha value is -1.82. The molecular formula is C14H18BrN3O2. The largest absolute Gasteiger partial charge is 0.350 e. The van der Waals surface area contributed by atoms with Crippen molar-refractivity contribution >= 4 is 27.9 Å². The maximum Gasteiger partial charge on any atom is 0.317 e. The van der Waals surface area contributed by atoms with Crippen LogP contribution in [0.15, 0.2) is 41.4 Å². The number of hydrogen-bond donors (Lipinski definition) is 2. The third-order valence-electron chi connectivity index (χ3n) is 2.54. The smallest absolute Gasteiger partial charge is 0.317 e. The van der Waals surface area contributed by atoms with Crippen molar-refractivity contribution in [3.8, 4) is 0 Å². The summed E-state index contributed by atoms with van der Waals surface area (Å²) in [6.07, 6.45) is 1.65. The van der Waals surface area contributed by atoms with E-state index in [1.807, 2.05) is 0 Å². The highest BCUT2D eigenvalue weighted by Crippen LogP contribution is 2.10. The quantitative estimate of drug-likeness (QED) is 0.615. The Kier molecular flexibility index (Phi) is 6.79. The van der Waals surface area contributed by atoms with Crippen molar-refractivity contribution < 1.29 is 9.59 Å². The summed E-state index contributed by atoms with van der Waals surface area (Å²) in [6, 6.07) is 6.89. The molecule has 0 heterocycles. The minimum Gasteiger partial charge on any atom is -0.350 e. The number of carbonyl (C=O) groups excluding carboxylic acids is 2. The van der Waals surface area contributed by atoms with Gasteiger partial charge >= 0.3 is 6.03 Å². The van der Waals surface area contributed by atoms with Crippen LogP contribution in [-0.2, 0) is 0 Å². The number of carbonyl (C=O) groups is 2. The summed E-state index contributed by atoms with van der Waals surface area (Å²) in [7, 11) is 1.68. The predicted molar refractivity (Wildman–Crippen MR) is 82.7 cm³/mol. The zero-order valence-corrected chi connectivity index (χ0v) is 12.9. The Balaban J connectivity index is 2.27. The lowest BCUT2D eigenvalue weighted by Crippen LogP contribution is -2.41. The minimum absolute atomic E-state index is 0.161. The predicted octanol–water partition coefficient (Wildman–Crippen LogP) is 2.01. The van der Waals surface area contributed by atoms with E-state index < -0.39 is 0 Å². The SMILES string of the molecule is C=CCN(C)C(=O)NCCNC(=O)c1ccc(Br)cc1. The van der Waals surface area contributed by atoms with Crippen LogP contribution in [0.3, 0.4) is 0 Å². The molecule has 6 heteroatoms. The van der Waals surface area contributed by atoms with E-state index in [2.05, 4.69) is 33.1 Å². The molecule has 3 amide bonds. The number of nitrogens with one attached hydrogen (secondary N) is 2. The molecule has 1 rings (SSSR count). The molecule has 108 valence electrons. The third-order valence-corrected chi connectivity index (χ3v) is 3.07. The monoisotopic (exact) mass is 339 g/mol.